The number of benzene rings is 3. The molecule has 0 aliphatic heterocycles. The van der Waals surface area contributed by atoms with Crippen molar-refractivity contribution in [3.8, 4) is 11.1 Å². The third-order valence-electron chi connectivity index (χ3n) is 6.56. The molecule has 124 valence electrons. The molecule has 3 aliphatic carbocycles. The molecule has 0 heterocycles. The lowest BCUT2D eigenvalue weighted by molar-refractivity contribution is 0.784. The van der Waals surface area contributed by atoms with Gasteiger partial charge in [0, 0.05) is 0 Å². The van der Waals surface area contributed by atoms with Gasteiger partial charge in [0.05, 0.1) is 5.41 Å². The topological polar surface area (TPSA) is 0 Å². The fraction of sp³-hybridized carbons (Fsp3) is 0.154. The van der Waals surface area contributed by atoms with Crippen molar-refractivity contribution in [1.29, 1.82) is 0 Å². The summed E-state index contributed by atoms with van der Waals surface area (Å²) in [6, 6.07) is 27.1. The van der Waals surface area contributed by atoms with Crippen LogP contribution in [0.3, 0.4) is 0 Å². The van der Waals surface area contributed by atoms with Crippen molar-refractivity contribution < 1.29 is 0 Å². The van der Waals surface area contributed by atoms with Gasteiger partial charge in [0.1, 0.15) is 0 Å². The molecule has 3 aromatic rings. The van der Waals surface area contributed by atoms with Crippen LogP contribution in [0.25, 0.3) is 16.7 Å². The normalized spacial score (nSPS) is 18.2. The van der Waals surface area contributed by atoms with E-state index < -0.39 is 0 Å². The second kappa shape index (κ2) is 4.65. The standard InChI is InChI=1S/C26H20/c1-16-15-17(2)25-24(16)20-11-5-8-14-23(20)26(25)21-12-6-3-9-18(21)19-10-4-7-13-22(19)26/h3-14H,15H2,1-2H3. The first-order chi connectivity index (χ1) is 12.7. The summed E-state index contributed by atoms with van der Waals surface area (Å²) >= 11 is 0. The van der Waals surface area contributed by atoms with Crippen LogP contribution in [0.15, 0.2) is 89.5 Å². The zero-order valence-electron chi connectivity index (χ0n) is 15.1. The molecule has 0 amide bonds. The van der Waals surface area contributed by atoms with Crippen molar-refractivity contribution in [2.24, 2.45) is 0 Å². The summed E-state index contributed by atoms with van der Waals surface area (Å²) in [5.41, 5.74) is 14.5. The fourth-order valence-corrected chi connectivity index (χ4v) is 5.83. The van der Waals surface area contributed by atoms with E-state index in [9.17, 15) is 0 Å². The minimum Gasteiger partial charge on any atom is -0.0638 e. The lowest BCUT2D eigenvalue weighted by Crippen LogP contribution is -2.26. The molecule has 6 rings (SSSR count). The molecule has 0 saturated carbocycles. The number of allylic oxidation sites excluding steroid dienone is 4. The van der Waals surface area contributed by atoms with Crippen LogP contribution in [0.5, 0.6) is 0 Å². The van der Waals surface area contributed by atoms with E-state index in [4.69, 9.17) is 0 Å². The van der Waals surface area contributed by atoms with Crippen LogP contribution in [0.1, 0.15) is 42.5 Å². The molecule has 0 nitrogen and oxygen atoms in total. The lowest BCUT2D eigenvalue weighted by atomic mass is 9.70. The van der Waals surface area contributed by atoms with Crippen LogP contribution in [0.4, 0.5) is 0 Å². The Hall–Kier alpha value is -2.86. The third kappa shape index (κ3) is 1.40. The maximum Gasteiger partial charge on any atom is 0.0725 e. The number of hydrogen-bond donors (Lipinski definition) is 0. The van der Waals surface area contributed by atoms with Crippen LogP contribution < -0.4 is 0 Å². The minimum atomic E-state index is -0.138. The summed E-state index contributed by atoms with van der Waals surface area (Å²) in [5.74, 6) is 0. The molecular weight excluding hydrogens is 312 g/mol. The van der Waals surface area contributed by atoms with E-state index in [0.717, 1.165) is 6.42 Å². The second-order valence-electron chi connectivity index (χ2n) is 7.87. The molecule has 3 aromatic carbocycles. The van der Waals surface area contributed by atoms with Crippen molar-refractivity contribution in [2.45, 2.75) is 25.7 Å². The highest BCUT2D eigenvalue weighted by Gasteiger charge is 2.55. The van der Waals surface area contributed by atoms with E-state index in [1.54, 1.807) is 5.57 Å². The number of hydrogen-bond acceptors (Lipinski definition) is 0. The van der Waals surface area contributed by atoms with Crippen LogP contribution in [-0.2, 0) is 5.41 Å². The zero-order valence-corrected chi connectivity index (χ0v) is 15.1. The van der Waals surface area contributed by atoms with Crippen molar-refractivity contribution in [2.75, 3.05) is 0 Å². The first-order valence-corrected chi connectivity index (χ1v) is 9.44. The van der Waals surface area contributed by atoms with E-state index in [2.05, 4.69) is 86.6 Å². The van der Waals surface area contributed by atoms with Gasteiger partial charge in [-0.05, 0) is 64.8 Å². The Morgan fingerprint density at radius 1 is 0.577 bits per heavy atom. The molecule has 0 radical (unpaired) electrons. The fourth-order valence-electron chi connectivity index (χ4n) is 5.83. The quantitative estimate of drug-likeness (QED) is 0.440. The van der Waals surface area contributed by atoms with Gasteiger partial charge in [-0.1, -0.05) is 83.9 Å². The summed E-state index contributed by atoms with van der Waals surface area (Å²) in [7, 11) is 0. The lowest BCUT2D eigenvalue weighted by Gasteiger charge is -2.31. The summed E-state index contributed by atoms with van der Waals surface area (Å²) in [5, 5.41) is 0. The molecular formula is C26H20. The summed E-state index contributed by atoms with van der Waals surface area (Å²) < 4.78 is 0. The Morgan fingerprint density at radius 2 is 1.04 bits per heavy atom. The minimum absolute atomic E-state index is 0.138. The zero-order chi connectivity index (χ0) is 17.5. The van der Waals surface area contributed by atoms with Gasteiger partial charge in [-0.3, -0.25) is 0 Å². The van der Waals surface area contributed by atoms with Gasteiger partial charge < -0.3 is 0 Å². The summed E-state index contributed by atoms with van der Waals surface area (Å²) in [4.78, 5) is 0. The van der Waals surface area contributed by atoms with Gasteiger partial charge in [0.2, 0.25) is 0 Å². The highest BCUT2D eigenvalue weighted by molar-refractivity contribution is 6.02. The predicted molar refractivity (Wildman–Crippen MR) is 108 cm³/mol. The SMILES string of the molecule is CC1=C2C(=C(C)C1)C1(c3ccccc32)c2ccccc2-c2ccccc21. The molecule has 0 unspecified atom stereocenters. The highest BCUT2D eigenvalue weighted by atomic mass is 14.6. The van der Waals surface area contributed by atoms with E-state index in [0.29, 0.717) is 0 Å². The average molecular weight is 332 g/mol. The van der Waals surface area contributed by atoms with Crippen molar-refractivity contribution in [3.05, 3.63) is 112 Å². The van der Waals surface area contributed by atoms with E-state index >= 15 is 0 Å². The molecule has 0 heteroatoms. The molecule has 0 fully saturated rings. The smallest absolute Gasteiger partial charge is 0.0638 e. The number of rotatable bonds is 0. The predicted octanol–water partition coefficient (Wildman–Crippen LogP) is 6.51. The molecule has 26 heavy (non-hydrogen) atoms. The van der Waals surface area contributed by atoms with E-state index in [1.165, 1.54) is 50.1 Å². The van der Waals surface area contributed by atoms with E-state index in [-0.39, 0.29) is 5.41 Å². The molecule has 0 N–H and O–H groups in total. The van der Waals surface area contributed by atoms with Crippen molar-refractivity contribution in [1.82, 2.24) is 0 Å². The third-order valence-corrected chi connectivity index (χ3v) is 6.56. The molecule has 0 bridgehead atoms. The summed E-state index contributed by atoms with van der Waals surface area (Å²) in [6.45, 7) is 4.65. The van der Waals surface area contributed by atoms with Gasteiger partial charge in [0.15, 0.2) is 0 Å². The molecule has 0 aromatic heterocycles. The maximum atomic E-state index is 2.35. The van der Waals surface area contributed by atoms with Crippen molar-refractivity contribution in [3.63, 3.8) is 0 Å². The maximum absolute atomic E-state index is 2.35. The van der Waals surface area contributed by atoms with Gasteiger partial charge >= 0.3 is 0 Å². The Bertz CT molecular complexity index is 1120. The summed E-state index contributed by atoms with van der Waals surface area (Å²) in [6.07, 6.45) is 1.10. The average Bonchev–Trinajstić information content (AvgIpc) is 3.26. The monoisotopic (exact) mass is 332 g/mol. The van der Waals surface area contributed by atoms with Gasteiger partial charge in [-0.2, -0.15) is 0 Å². The first-order valence-electron chi connectivity index (χ1n) is 9.44. The Kier molecular flexibility index (Phi) is 2.56. The molecule has 0 atom stereocenters. The van der Waals surface area contributed by atoms with Gasteiger partial charge in [-0.15, -0.1) is 0 Å². The Labute approximate surface area is 154 Å². The highest BCUT2D eigenvalue weighted by Crippen LogP contribution is 2.66. The van der Waals surface area contributed by atoms with Crippen LogP contribution in [0, 0.1) is 0 Å². The van der Waals surface area contributed by atoms with Crippen LogP contribution in [-0.4, -0.2) is 0 Å². The van der Waals surface area contributed by atoms with Gasteiger partial charge in [-0.25, -0.2) is 0 Å². The Morgan fingerprint density at radius 3 is 1.62 bits per heavy atom. The van der Waals surface area contributed by atoms with Crippen molar-refractivity contribution >= 4 is 5.57 Å². The molecule has 3 aliphatic rings. The largest absolute Gasteiger partial charge is 0.0725 e. The second-order valence-corrected chi connectivity index (χ2v) is 7.87. The van der Waals surface area contributed by atoms with Gasteiger partial charge in [0.25, 0.3) is 0 Å². The molecule has 1 spiro atoms. The first kappa shape index (κ1) is 14.3. The number of fused-ring (bicyclic) bond motifs is 10. The van der Waals surface area contributed by atoms with Crippen LogP contribution in [0.2, 0.25) is 0 Å². The Balaban J connectivity index is 1.88. The molecule has 0 saturated heterocycles. The van der Waals surface area contributed by atoms with Crippen LogP contribution >= 0.6 is 0 Å². The van der Waals surface area contributed by atoms with E-state index in [1.807, 2.05) is 0 Å².